The normalized spacial score (nSPS) is 16.2. The lowest BCUT2D eigenvalue weighted by Gasteiger charge is -2.23. The Bertz CT molecular complexity index is 280. The summed E-state index contributed by atoms with van der Waals surface area (Å²) in [6.07, 6.45) is 2.60. The molecule has 0 aromatic heterocycles. The van der Waals surface area contributed by atoms with Crippen LogP contribution in [0.2, 0.25) is 0 Å². The summed E-state index contributed by atoms with van der Waals surface area (Å²) in [5.74, 6) is 0.972. The first-order valence-corrected chi connectivity index (χ1v) is 6.77. The van der Waals surface area contributed by atoms with Crippen LogP contribution in [0.4, 0.5) is 0 Å². The van der Waals surface area contributed by atoms with Crippen LogP contribution in [0.25, 0.3) is 0 Å². The van der Waals surface area contributed by atoms with Crippen LogP contribution in [-0.4, -0.2) is 19.2 Å². The molecule has 3 heteroatoms. The minimum absolute atomic E-state index is 0.387. The van der Waals surface area contributed by atoms with E-state index in [1.54, 1.807) is 0 Å². The van der Waals surface area contributed by atoms with Crippen molar-refractivity contribution < 1.29 is 4.74 Å². The Labute approximate surface area is 107 Å². The minimum atomic E-state index is 0.387. The fourth-order valence-corrected chi connectivity index (χ4v) is 1.88. The highest BCUT2D eigenvalue weighted by Gasteiger charge is 2.13. The minimum Gasteiger partial charge on any atom is -0.490 e. The van der Waals surface area contributed by atoms with E-state index < -0.39 is 0 Å². The van der Waals surface area contributed by atoms with Gasteiger partial charge >= 0.3 is 0 Å². The second kappa shape index (κ2) is 7.69. The summed E-state index contributed by atoms with van der Waals surface area (Å²) >= 11 is 3.41. The number of rotatable bonds is 2. The van der Waals surface area contributed by atoms with E-state index in [1.807, 2.05) is 38.1 Å². The van der Waals surface area contributed by atoms with E-state index >= 15 is 0 Å². The van der Waals surface area contributed by atoms with Gasteiger partial charge in [0, 0.05) is 4.47 Å². The number of nitrogens with one attached hydrogen (secondary N) is 1. The molecule has 0 amide bonds. The van der Waals surface area contributed by atoms with Gasteiger partial charge in [0.2, 0.25) is 0 Å². The molecular weight excluding hydrogens is 266 g/mol. The van der Waals surface area contributed by atoms with E-state index in [0.29, 0.717) is 6.10 Å². The van der Waals surface area contributed by atoms with Gasteiger partial charge in [0.05, 0.1) is 0 Å². The zero-order chi connectivity index (χ0) is 11.8. The van der Waals surface area contributed by atoms with E-state index in [4.69, 9.17) is 4.74 Å². The van der Waals surface area contributed by atoms with Crippen molar-refractivity contribution in [1.29, 1.82) is 0 Å². The van der Waals surface area contributed by atoms with Crippen molar-refractivity contribution in [2.45, 2.75) is 32.8 Å². The zero-order valence-corrected chi connectivity index (χ0v) is 11.6. The van der Waals surface area contributed by atoms with Gasteiger partial charge in [0.1, 0.15) is 11.9 Å². The molecule has 1 aliphatic rings. The molecule has 1 aliphatic heterocycles. The number of piperidine rings is 1. The first-order valence-electron chi connectivity index (χ1n) is 5.97. The molecule has 0 atom stereocenters. The molecule has 0 radical (unpaired) electrons. The lowest BCUT2D eigenvalue weighted by atomic mass is 10.1. The molecule has 1 heterocycles. The third-order valence-corrected chi connectivity index (χ3v) is 2.93. The third-order valence-electron chi connectivity index (χ3n) is 2.40. The molecule has 0 bridgehead atoms. The van der Waals surface area contributed by atoms with E-state index in [-0.39, 0.29) is 0 Å². The summed E-state index contributed by atoms with van der Waals surface area (Å²) in [6, 6.07) is 8.03. The van der Waals surface area contributed by atoms with Crippen molar-refractivity contribution in [1.82, 2.24) is 5.32 Å². The molecule has 1 saturated heterocycles. The van der Waals surface area contributed by atoms with Gasteiger partial charge in [-0.15, -0.1) is 0 Å². The fourth-order valence-electron chi connectivity index (χ4n) is 1.62. The van der Waals surface area contributed by atoms with Crippen molar-refractivity contribution in [2.75, 3.05) is 13.1 Å². The van der Waals surface area contributed by atoms with Crippen LogP contribution in [0.1, 0.15) is 26.7 Å². The predicted molar refractivity (Wildman–Crippen MR) is 72.0 cm³/mol. The molecule has 0 aliphatic carbocycles. The standard InChI is InChI=1S/C11H14BrNO.C2H6/c12-9-1-3-10(4-2-9)14-11-5-7-13-8-6-11;1-2/h1-4,11,13H,5-8H2;1-2H3. The Morgan fingerprint density at radius 2 is 1.69 bits per heavy atom. The molecule has 1 N–H and O–H groups in total. The Morgan fingerprint density at radius 3 is 2.25 bits per heavy atom. The quantitative estimate of drug-likeness (QED) is 0.896. The van der Waals surface area contributed by atoms with Crippen LogP contribution in [0.3, 0.4) is 0 Å². The summed E-state index contributed by atoms with van der Waals surface area (Å²) in [7, 11) is 0. The van der Waals surface area contributed by atoms with Crippen LogP contribution >= 0.6 is 15.9 Å². The van der Waals surface area contributed by atoms with E-state index in [9.17, 15) is 0 Å². The van der Waals surface area contributed by atoms with Crippen LogP contribution < -0.4 is 10.1 Å². The highest BCUT2D eigenvalue weighted by Crippen LogP contribution is 2.19. The fraction of sp³-hybridized carbons (Fsp3) is 0.538. The molecule has 0 unspecified atom stereocenters. The molecule has 90 valence electrons. The van der Waals surface area contributed by atoms with Crippen molar-refractivity contribution in [3.63, 3.8) is 0 Å². The van der Waals surface area contributed by atoms with E-state index in [0.717, 1.165) is 36.2 Å². The first-order chi connectivity index (χ1) is 7.84. The average Bonchev–Trinajstić information content (AvgIpc) is 2.36. The first kappa shape index (κ1) is 13.5. The second-order valence-corrected chi connectivity index (χ2v) is 4.44. The van der Waals surface area contributed by atoms with Gasteiger partial charge in [-0.05, 0) is 50.2 Å². The third kappa shape index (κ3) is 4.54. The Kier molecular flexibility index (Phi) is 6.50. The number of benzene rings is 1. The molecular formula is C13H20BrNO. The van der Waals surface area contributed by atoms with Crippen LogP contribution in [-0.2, 0) is 0 Å². The summed E-state index contributed by atoms with van der Waals surface area (Å²) in [6.45, 7) is 6.14. The monoisotopic (exact) mass is 285 g/mol. The van der Waals surface area contributed by atoms with E-state index in [2.05, 4.69) is 21.2 Å². The lowest BCUT2D eigenvalue weighted by Crippen LogP contribution is -2.34. The Morgan fingerprint density at radius 1 is 1.12 bits per heavy atom. The van der Waals surface area contributed by atoms with Gasteiger partial charge in [-0.2, -0.15) is 0 Å². The number of hydrogen-bond acceptors (Lipinski definition) is 2. The predicted octanol–water partition coefficient (Wildman–Crippen LogP) is 3.61. The Balaban J connectivity index is 0.000000606. The highest BCUT2D eigenvalue weighted by molar-refractivity contribution is 9.10. The highest BCUT2D eigenvalue weighted by atomic mass is 79.9. The number of ether oxygens (including phenoxy) is 1. The molecule has 0 spiro atoms. The van der Waals surface area contributed by atoms with Gasteiger partial charge in [-0.3, -0.25) is 0 Å². The summed E-state index contributed by atoms with van der Waals surface area (Å²) in [5.41, 5.74) is 0. The second-order valence-electron chi connectivity index (χ2n) is 3.52. The molecule has 0 saturated carbocycles. The summed E-state index contributed by atoms with van der Waals surface area (Å²) in [4.78, 5) is 0. The van der Waals surface area contributed by atoms with Crippen molar-refractivity contribution in [2.24, 2.45) is 0 Å². The van der Waals surface area contributed by atoms with Crippen molar-refractivity contribution >= 4 is 15.9 Å². The van der Waals surface area contributed by atoms with Gasteiger partial charge in [0.15, 0.2) is 0 Å². The molecule has 16 heavy (non-hydrogen) atoms. The molecule has 2 nitrogen and oxygen atoms in total. The maximum atomic E-state index is 5.85. The van der Waals surface area contributed by atoms with Crippen molar-refractivity contribution in [3.8, 4) is 5.75 Å². The lowest BCUT2D eigenvalue weighted by molar-refractivity contribution is 0.162. The molecule has 1 aromatic rings. The molecule has 2 rings (SSSR count). The number of hydrogen-bond donors (Lipinski definition) is 1. The summed E-state index contributed by atoms with van der Waals surface area (Å²) < 4.78 is 6.94. The smallest absolute Gasteiger partial charge is 0.119 e. The Hall–Kier alpha value is -0.540. The van der Waals surface area contributed by atoms with E-state index in [1.165, 1.54) is 0 Å². The van der Waals surface area contributed by atoms with Crippen LogP contribution in [0.15, 0.2) is 28.7 Å². The maximum absolute atomic E-state index is 5.85. The van der Waals surface area contributed by atoms with Gasteiger partial charge in [-0.1, -0.05) is 29.8 Å². The summed E-state index contributed by atoms with van der Waals surface area (Å²) in [5, 5.41) is 3.32. The van der Waals surface area contributed by atoms with Crippen LogP contribution in [0.5, 0.6) is 5.75 Å². The molecule has 1 aromatic carbocycles. The number of halogens is 1. The largest absolute Gasteiger partial charge is 0.490 e. The van der Waals surface area contributed by atoms with Crippen LogP contribution in [0, 0.1) is 0 Å². The van der Waals surface area contributed by atoms with Gasteiger partial charge in [-0.25, -0.2) is 0 Å². The maximum Gasteiger partial charge on any atom is 0.119 e. The zero-order valence-electron chi connectivity index (χ0n) is 10.0. The topological polar surface area (TPSA) is 21.3 Å². The molecule has 1 fully saturated rings. The van der Waals surface area contributed by atoms with Crippen molar-refractivity contribution in [3.05, 3.63) is 28.7 Å². The van der Waals surface area contributed by atoms with Gasteiger partial charge in [0.25, 0.3) is 0 Å². The van der Waals surface area contributed by atoms with Gasteiger partial charge < -0.3 is 10.1 Å². The SMILES string of the molecule is Brc1ccc(OC2CCNCC2)cc1.CC. The average molecular weight is 286 g/mol.